The van der Waals surface area contributed by atoms with Gasteiger partial charge >= 0.3 is 12.0 Å². The second kappa shape index (κ2) is 11.0. The van der Waals surface area contributed by atoms with Gasteiger partial charge in [0, 0.05) is 5.70 Å². The van der Waals surface area contributed by atoms with Crippen molar-refractivity contribution in [2.75, 3.05) is 7.11 Å². The number of ether oxygens (including phenoxy) is 2. The van der Waals surface area contributed by atoms with Gasteiger partial charge in [-0.15, -0.1) is 0 Å². The number of methoxy groups -OCH3 is 1. The second-order valence-corrected chi connectivity index (χ2v) is 8.07. The summed E-state index contributed by atoms with van der Waals surface area (Å²) in [6, 6.07) is 24.8. The molecule has 176 valence electrons. The summed E-state index contributed by atoms with van der Waals surface area (Å²) in [5, 5.41) is 15.0. The Morgan fingerprint density at radius 2 is 1.74 bits per heavy atom. The van der Waals surface area contributed by atoms with Gasteiger partial charge in [0.25, 0.3) is 0 Å². The molecule has 0 aromatic heterocycles. The van der Waals surface area contributed by atoms with Gasteiger partial charge in [-0.1, -0.05) is 54.6 Å². The molecule has 3 aromatic rings. The first-order valence-corrected chi connectivity index (χ1v) is 11.2. The van der Waals surface area contributed by atoms with Crippen LogP contribution in [0.5, 0.6) is 5.75 Å². The van der Waals surface area contributed by atoms with E-state index >= 15 is 0 Å². The molecule has 0 aliphatic carbocycles. The zero-order chi connectivity index (χ0) is 24.6. The number of nitrogens with zero attached hydrogens (tertiary/aromatic N) is 1. The largest absolute Gasteiger partial charge is 0.497 e. The predicted octanol–water partition coefficient (Wildman–Crippen LogP) is 4.55. The molecule has 7 heteroatoms. The number of rotatable bonds is 8. The van der Waals surface area contributed by atoms with Crippen LogP contribution in [0.25, 0.3) is 0 Å². The van der Waals surface area contributed by atoms with Crippen molar-refractivity contribution in [3.8, 4) is 11.8 Å². The second-order valence-electron chi connectivity index (χ2n) is 8.07. The van der Waals surface area contributed by atoms with E-state index in [0.717, 1.165) is 16.9 Å². The molecule has 0 saturated carbocycles. The number of esters is 1. The van der Waals surface area contributed by atoms with Gasteiger partial charge in [-0.05, 0) is 53.8 Å². The van der Waals surface area contributed by atoms with Gasteiger partial charge in [0.1, 0.15) is 12.4 Å². The smallest absolute Gasteiger partial charge is 0.338 e. The molecule has 0 saturated heterocycles. The summed E-state index contributed by atoms with van der Waals surface area (Å²) in [5.74, 6) is 0.226. The lowest BCUT2D eigenvalue weighted by Crippen LogP contribution is -2.46. The summed E-state index contributed by atoms with van der Waals surface area (Å²) in [5.41, 5.74) is 3.78. The number of aryl methyl sites for hydroxylation is 1. The summed E-state index contributed by atoms with van der Waals surface area (Å²) in [6.07, 6.45) is 1.02. The molecule has 3 aromatic carbocycles. The maximum atomic E-state index is 13.4. The standard InChI is InChI=1S/C28H25N3O4/c1-34-23-13-10-19(11-14-23)12-15-24-25(27(32)35-18-20-6-3-2-4-7-20)26(31-28(33)30-24)22-9-5-8-21(16-22)17-29/h2-11,13-14,16,26H,12,15,18H2,1H3,(H2,30,31,33). The minimum absolute atomic E-state index is 0.105. The lowest BCUT2D eigenvalue weighted by molar-refractivity contribution is -0.140. The Labute approximate surface area is 204 Å². The summed E-state index contributed by atoms with van der Waals surface area (Å²) < 4.78 is 10.9. The molecule has 1 atom stereocenters. The van der Waals surface area contributed by atoms with Crippen LogP contribution in [-0.4, -0.2) is 19.1 Å². The monoisotopic (exact) mass is 467 g/mol. The van der Waals surface area contributed by atoms with Crippen molar-refractivity contribution in [3.05, 3.63) is 112 Å². The Morgan fingerprint density at radius 3 is 2.46 bits per heavy atom. The molecule has 0 fully saturated rings. The fraction of sp³-hybridized carbons (Fsp3) is 0.179. The van der Waals surface area contributed by atoms with Crippen LogP contribution in [0.4, 0.5) is 4.79 Å². The van der Waals surface area contributed by atoms with Crippen molar-refractivity contribution >= 4 is 12.0 Å². The molecule has 1 aliphatic rings. The van der Waals surface area contributed by atoms with Crippen LogP contribution < -0.4 is 15.4 Å². The van der Waals surface area contributed by atoms with E-state index in [1.165, 1.54) is 0 Å². The van der Waals surface area contributed by atoms with Crippen LogP contribution in [0.15, 0.2) is 90.1 Å². The van der Waals surface area contributed by atoms with Gasteiger partial charge < -0.3 is 20.1 Å². The molecule has 1 aliphatic heterocycles. The maximum absolute atomic E-state index is 13.4. The third kappa shape index (κ3) is 5.87. The van der Waals surface area contributed by atoms with Crippen LogP contribution in [0.1, 0.15) is 34.7 Å². The van der Waals surface area contributed by atoms with E-state index in [4.69, 9.17) is 9.47 Å². The lowest BCUT2D eigenvalue weighted by Gasteiger charge is -2.29. The Hall–Kier alpha value is -4.57. The number of hydrogen-bond acceptors (Lipinski definition) is 5. The van der Waals surface area contributed by atoms with Crippen molar-refractivity contribution in [2.24, 2.45) is 0 Å². The first-order valence-electron chi connectivity index (χ1n) is 11.2. The normalized spacial score (nSPS) is 15.0. The third-order valence-corrected chi connectivity index (χ3v) is 5.76. The van der Waals surface area contributed by atoms with E-state index < -0.39 is 18.0 Å². The lowest BCUT2D eigenvalue weighted by atomic mass is 9.92. The number of carbonyl (C=O) groups excluding carboxylic acids is 2. The van der Waals surface area contributed by atoms with Crippen LogP contribution in [0, 0.1) is 11.3 Å². The van der Waals surface area contributed by atoms with Crippen molar-refractivity contribution in [1.29, 1.82) is 5.26 Å². The highest BCUT2D eigenvalue weighted by Gasteiger charge is 2.33. The van der Waals surface area contributed by atoms with Gasteiger partial charge in [0.15, 0.2) is 0 Å². The molecule has 0 bridgehead atoms. The zero-order valence-corrected chi connectivity index (χ0v) is 19.3. The van der Waals surface area contributed by atoms with Crippen LogP contribution in [0.2, 0.25) is 0 Å². The van der Waals surface area contributed by atoms with Gasteiger partial charge in [0.05, 0.1) is 30.4 Å². The maximum Gasteiger partial charge on any atom is 0.338 e. The number of carbonyl (C=O) groups is 2. The van der Waals surface area contributed by atoms with Crippen LogP contribution >= 0.6 is 0 Å². The molecule has 4 rings (SSSR count). The van der Waals surface area contributed by atoms with Crippen LogP contribution in [-0.2, 0) is 22.6 Å². The highest BCUT2D eigenvalue weighted by atomic mass is 16.5. The summed E-state index contributed by atoms with van der Waals surface area (Å²) in [7, 11) is 1.61. The zero-order valence-electron chi connectivity index (χ0n) is 19.3. The number of nitrogens with one attached hydrogen (secondary N) is 2. The van der Waals surface area contributed by atoms with Gasteiger partial charge in [-0.2, -0.15) is 5.26 Å². The average molecular weight is 468 g/mol. The van der Waals surface area contributed by atoms with Gasteiger partial charge in [-0.25, -0.2) is 9.59 Å². The molecule has 1 heterocycles. The molecule has 0 radical (unpaired) electrons. The van der Waals surface area contributed by atoms with Crippen molar-refractivity contribution in [2.45, 2.75) is 25.5 Å². The molecule has 1 unspecified atom stereocenters. The highest BCUT2D eigenvalue weighted by molar-refractivity contribution is 5.95. The van der Waals surface area contributed by atoms with E-state index in [0.29, 0.717) is 35.2 Å². The molecular formula is C28H25N3O4. The minimum Gasteiger partial charge on any atom is -0.497 e. The highest BCUT2D eigenvalue weighted by Crippen LogP contribution is 2.30. The Kier molecular flexibility index (Phi) is 7.44. The third-order valence-electron chi connectivity index (χ3n) is 5.76. The molecule has 35 heavy (non-hydrogen) atoms. The summed E-state index contributed by atoms with van der Waals surface area (Å²) >= 11 is 0. The number of amides is 2. The minimum atomic E-state index is -0.744. The number of urea groups is 1. The van der Waals surface area contributed by atoms with Gasteiger partial charge in [0.2, 0.25) is 0 Å². The molecule has 0 spiro atoms. The Bertz CT molecular complexity index is 1280. The van der Waals surface area contributed by atoms with Crippen LogP contribution in [0.3, 0.4) is 0 Å². The van der Waals surface area contributed by atoms with E-state index in [1.54, 1.807) is 31.4 Å². The first-order chi connectivity index (χ1) is 17.1. The quantitative estimate of drug-likeness (QED) is 0.474. The number of nitriles is 1. The average Bonchev–Trinajstić information content (AvgIpc) is 2.91. The molecule has 2 N–H and O–H groups in total. The van der Waals surface area contributed by atoms with E-state index in [1.807, 2.05) is 54.6 Å². The first kappa shape index (κ1) is 23.6. The molecular weight excluding hydrogens is 442 g/mol. The summed E-state index contributed by atoms with van der Waals surface area (Å²) in [6.45, 7) is 0.105. The van der Waals surface area contributed by atoms with E-state index in [2.05, 4.69) is 16.7 Å². The molecule has 2 amide bonds. The predicted molar refractivity (Wildman–Crippen MR) is 130 cm³/mol. The summed E-state index contributed by atoms with van der Waals surface area (Å²) in [4.78, 5) is 25.9. The Balaban J connectivity index is 1.65. The van der Waals surface area contributed by atoms with Crippen molar-refractivity contribution in [3.63, 3.8) is 0 Å². The number of allylic oxidation sites excluding steroid dienone is 1. The Morgan fingerprint density at radius 1 is 0.971 bits per heavy atom. The fourth-order valence-electron chi connectivity index (χ4n) is 3.96. The van der Waals surface area contributed by atoms with Crippen molar-refractivity contribution in [1.82, 2.24) is 10.6 Å². The topological polar surface area (TPSA) is 100 Å². The van der Waals surface area contributed by atoms with E-state index in [9.17, 15) is 14.9 Å². The number of benzene rings is 3. The fourth-order valence-corrected chi connectivity index (χ4v) is 3.96. The van der Waals surface area contributed by atoms with Gasteiger partial charge in [-0.3, -0.25) is 0 Å². The van der Waals surface area contributed by atoms with E-state index in [-0.39, 0.29) is 6.61 Å². The number of hydrogen-bond donors (Lipinski definition) is 2. The SMILES string of the molecule is COc1ccc(CCC2=C(C(=O)OCc3ccccc3)C(c3cccc(C#N)c3)NC(=O)N2)cc1. The molecule has 7 nitrogen and oxygen atoms in total. The van der Waals surface area contributed by atoms with Crippen molar-refractivity contribution < 1.29 is 19.1 Å².